The Labute approximate surface area is 121 Å². The van der Waals surface area contributed by atoms with E-state index in [2.05, 4.69) is 5.32 Å². The van der Waals surface area contributed by atoms with Crippen molar-refractivity contribution in [3.05, 3.63) is 0 Å². The highest BCUT2D eigenvalue weighted by Gasteiger charge is 2.22. The Morgan fingerprint density at radius 3 is 2.30 bits per heavy atom. The molecule has 0 saturated carbocycles. The first-order chi connectivity index (χ1) is 9.65. The fraction of sp³-hybridized carbons (Fsp3) is 0.857. The molecular weight excluding hydrogens is 262 g/mol. The van der Waals surface area contributed by atoms with E-state index in [1.165, 1.54) is 7.11 Å². The lowest BCUT2D eigenvalue weighted by Crippen LogP contribution is -2.42. The molecule has 0 aromatic heterocycles. The van der Waals surface area contributed by atoms with Gasteiger partial charge < -0.3 is 19.5 Å². The van der Waals surface area contributed by atoms with E-state index >= 15 is 0 Å². The second-order valence-corrected chi connectivity index (χ2v) is 4.49. The van der Waals surface area contributed by atoms with E-state index in [0.29, 0.717) is 19.6 Å². The predicted octanol–water partition coefficient (Wildman–Crippen LogP) is 2.26. The van der Waals surface area contributed by atoms with E-state index in [1.807, 2.05) is 13.8 Å². The average molecular weight is 289 g/mol. The predicted molar refractivity (Wildman–Crippen MR) is 75.5 cm³/mol. The maximum absolute atomic E-state index is 11.9. The lowest BCUT2D eigenvalue weighted by atomic mass is 10.1. The van der Waals surface area contributed by atoms with Gasteiger partial charge in [0.1, 0.15) is 12.6 Å². The molecule has 0 aromatic carbocycles. The molecule has 1 atom stereocenters. The quantitative estimate of drug-likeness (QED) is 0.466. The lowest BCUT2D eigenvalue weighted by Gasteiger charge is -2.17. The first-order valence-electron chi connectivity index (χ1n) is 7.24. The van der Waals surface area contributed by atoms with Crippen molar-refractivity contribution in [3.63, 3.8) is 0 Å². The Morgan fingerprint density at radius 2 is 1.70 bits per heavy atom. The smallest absolute Gasteiger partial charge is 0.407 e. The van der Waals surface area contributed by atoms with E-state index < -0.39 is 18.1 Å². The van der Waals surface area contributed by atoms with Gasteiger partial charge in [-0.1, -0.05) is 33.1 Å². The fourth-order valence-corrected chi connectivity index (χ4v) is 1.48. The Balaban J connectivity index is 4.17. The van der Waals surface area contributed by atoms with E-state index in [4.69, 9.17) is 14.2 Å². The van der Waals surface area contributed by atoms with Gasteiger partial charge in [-0.25, -0.2) is 9.59 Å². The van der Waals surface area contributed by atoms with Gasteiger partial charge in [0.25, 0.3) is 0 Å². The Morgan fingerprint density at radius 1 is 1.00 bits per heavy atom. The van der Waals surface area contributed by atoms with Gasteiger partial charge in [-0.15, -0.1) is 0 Å². The number of carbonyl (C=O) groups excluding carboxylic acids is 2. The zero-order valence-electron chi connectivity index (χ0n) is 12.8. The molecular formula is C14H27NO5. The standard InChI is InChI=1S/C14H27NO5/c1-4-6-8-12(13(16)19-9-7-5-2)15-14(17)20-11-10-18-3/h12H,4-11H2,1-3H3,(H,15,17). The first kappa shape index (κ1) is 18.7. The molecule has 1 amide bonds. The van der Waals surface area contributed by atoms with E-state index in [1.54, 1.807) is 0 Å². The number of hydrogen-bond donors (Lipinski definition) is 1. The number of unbranched alkanes of at least 4 members (excludes halogenated alkanes) is 2. The van der Waals surface area contributed by atoms with Crippen LogP contribution in [0.5, 0.6) is 0 Å². The molecule has 0 heterocycles. The van der Waals surface area contributed by atoms with Gasteiger partial charge >= 0.3 is 12.1 Å². The van der Waals surface area contributed by atoms with Crippen molar-refractivity contribution in [2.45, 2.75) is 52.0 Å². The summed E-state index contributed by atoms with van der Waals surface area (Å²) in [5, 5.41) is 2.55. The summed E-state index contributed by atoms with van der Waals surface area (Å²) >= 11 is 0. The minimum atomic E-state index is -0.637. The molecule has 1 N–H and O–H groups in total. The normalized spacial score (nSPS) is 11.8. The van der Waals surface area contributed by atoms with Crippen LogP contribution in [-0.4, -0.2) is 45.0 Å². The summed E-state index contributed by atoms with van der Waals surface area (Å²) < 4.78 is 14.8. The molecule has 118 valence electrons. The van der Waals surface area contributed by atoms with Crippen LogP contribution in [0.25, 0.3) is 0 Å². The van der Waals surface area contributed by atoms with Crippen LogP contribution < -0.4 is 5.32 Å². The van der Waals surface area contributed by atoms with Crippen molar-refractivity contribution in [3.8, 4) is 0 Å². The van der Waals surface area contributed by atoms with Crippen LogP contribution in [0.4, 0.5) is 4.79 Å². The van der Waals surface area contributed by atoms with Gasteiger partial charge in [0.2, 0.25) is 0 Å². The molecule has 0 saturated heterocycles. The monoisotopic (exact) mass is 289 g/mol. The Bertz CT molecular complexity index is 270. The number of nitrogens with one attached hydrogen (secondary N) is 1. The molecule has 0 aromatic rings. The van der Waals surface area contributed by atoms with Gasteiger partial charge in [0.15, 0.2) is 0 Å². The lowest BCUT2D eigenvalue weighted by molar-refractivity contribution is -0.146. The molecule has 0 radical (unpaired) electrons. The number of methoxy groups -OCH3 is 1. The number of amides is 1. The summed E-state index contributed by atoms with van der Waals surface area (Å²) in [6.45, 7) is 4.92. The van der Waals surface area contributed by atoms with E-state index in [0.717, 1.165) is 25.7 Å². The number of alkyl carbamates (subject to hydrolysis) is 1. The van der Waals surface area contributed by atoms with Crippen LogP contribution in [0.2, 0.25) is 0 Å². The Hall–Kier alpha value is -1.30. The van der Waals surface area contributed by atoms with Crippen molar-refractivity contribution >= 4 is 12.1 Å². The van der Waals surface area contributed by atoms with Crippen molar-refractivity contribution in [2.24, 2.45) is 0 Å². The van der Waals surface area contributed by atoms with E-state index in [-0.39, 0.29) is 6.61 Å². The number of rotatable bonds is 11. The molecule has 0 aliphatic heterocycles. The molecule has 0 bridgehead atoms. The molecule has 1 unspecified atom stereocenters. The summed E-state index contributed by atoms with van der Waals surface area (Å²) in [6, 6.07) is -0.637. The number of hydrogen-bond acceptors (Lipinski definition) is 5. The second kappa shape index (κ2) is 12.7. The largest absolute Gasteiger partial charge is 0.464 e. The highest BCUT2D eigenvalue weighted by molar-refractivity contribution is 5.81. The number of esters is 1. The molecule has 0 fully saturated rings. The van der Waals surface area contributed by atoms with Crippen LogP contribution in [0, 0.1) is 0 Å². The average Bonchev–Trinajstić information content (AvgIpc) is 2.43. The van der Waals surface area contributed by atoms with E-state index in [9.17, 15) is 9.59 Å². The number of ether oxygens (including phenoxy) is 3. The maximum atomic E-state index is 11.9. The van der Waals surface area contributed by atoms with Crippen molar-refractivity contribution in [2.75, 3.05) is 26.9 Å². The number of carbonyl (C=O) groups is 2. The molecule has 0 spiro atoms. The summed E-state index contributed by atoms with van der Waals surface area (Å²) in [4.78, 5) is 23.4. The zero-order chi connectivity index (χ0) is 15.2. The topological polar surface area (TPSA) is 73.9 Å². The second-order valence-electron chi connectivity index (χ2n) is 4.49. The molecule has 6 nitrogen and oxygen atoms in total. The Kier molecular flexibility index (Phi) is 11.9. The third-order valence-electron chi connectivity index (χ3n) is 2.69. The van der Waals surface area contributed by atoms with Crippen molar-refractivity contribution in [1.82, 2.24) is 5.32 Å². The van der Waals surface area contributed by atoms with Gasteiger partial charge in [0, 0.05) is 7.11 Å². The highest BCUT2D eigenvalue weighted by atomic mass is 16.6. The molecule has 6 heteroatoms. The maximum Gasteiger partial charge on any atom is 0.407 e. The van der Waals surface area contributed by atoms with Crippen LogP contribution in [-0.2, 0) is 19.0 Å². The van der Waals surface area contributed by atoms with Crippen molar-refractivity contribution < 1.29 is 23.8 Å². The molecule has 0 aliphatic carbocycles. The molecule has 0 aliphatic rings. The van der Waals surface area contributed by atoms with Gasteiger partial charge in [-0.3, -0.25) is 0 Å². The third kappa shape index (κ3) is 9.61. The van der Waals surface area contributed by atoms with Crippen LogP contribution in [0.15, 0.2) is 0 Å². The van der Waals surface area contributed by atoms with Gasteiger partial charge in [-0.05, 0) is 12.8 Å². The summed E-state index contributed by atoms with van der Waals surface area (Å²) in [7, 11) is 1.52. The van der Waals surface area contributed by atoms with Gasteiger partial charge in [-0.2, -0.15) is 0 Å². The van der Waals surface area contributed by atoms with Crippen molar-refractivity contribution in [1.29, 1.82) is 0 Å². The summed E-state index contributed by atoms with van der Waals surface area (Å²) in [5.74, 6) is -0.393. The van der Waals surface area contributed by atoms with Gasteiger partial charge in [0.05, 0.1) is 13.2 Å². The zero-order valence-corrected chi connectivity index (χ0v) is 12.8. The first-order valence-corrected chi connectivity index (χ1v) is 7.24. The molecule has 0 rings (SSSR count). The molecule has 20 heavy (non-hydrogen) atoms. The minimum absolute atomic E-state index is 0.160. The van der Waals surface area contributed by atoms with Crippen LogP contribution >= 0.6 is 0 Å². The third-order valence-corrected chi connectivity index (χ3v) is 2.69. The van der Waals surface area contributed by atoms with Crippen LogP contribution in [0.3, 0.4) is 0 Å². The summed E-state index contributed by atoms with van der Waals surface area (Å²) in [5.41, 5.74) is 0. The van der Waals surface area contributed by atoms with Crippen LogP contribution in [0.1, 0.15) is 46.0 Å². The summed E-state index contributed by atoms with van der Waals surface area (Å²) in [6.07, 6.45) is 3.51. The minimum Gasteiger partial charge on any atom is -0.464 e. The fourth-order valence-electron chi connectivity index (χ4n) is 1.48. The SMILES string of the molecule is CCCCOC(=O)C(CCCC)NC(=O)OCCOC. The highest BCUT2D eigenvalue weighted by Crippen LogP contribution is 2.04.